The van der Waals surface area contributed by atoms with Crippen molar-refractivity contribution < 1.29 is 9.42 Å². The normalized spacial score (nSPS) is 11.1. The molecule has 0 spiro atoms. The SMILES string of the molecule is Cl.[O]=[Sb]([OH])[O]CCCCCCCCCC(Cl)(Cl)Cl. The van der Waals surface area contributed by atoms with Crippen LogP contribution >= 0.6 is 47.2 Å². The summed E-state index contributed by atoms with van der Waals surface area (Å²) in [5, 5.41) is 0. The molecule has 3 nitrogen and oxygen atoms in total. The topological polar surface area (TPSA) is 46.5 Å². The van der Waals surface area contributed by atoms with E-state index >= 15 is 0 Å². The Morgan fingerprint density at radius 1 is 0.944 bits per heavy atom. The van der Waals surface area contributed by atoms with Crippen LogP contribution in [-0.2, 0) is 6.03 Å². The molecule has 0 heterocycles. The fraction of sp³-hybridized carbons (Fsp3) is 1.00. The van der Waals surface area contributed by atoms with Crippen molar-refractivity contribution in [1.82, 2.24) is 0 Å². The molecular weight excluding hydrogens is 432 g/mol. The Kier molecular flexibility index (Phi) is 16.7. The van der Waals surface area contributed by atoms with Gasteiger partial charge in [0.25, 0.3) is 0 Å². The maximum atomic E-state index is 10.3. The van der Waals surface area contributed by atoms with Crippen LogP contribution in [-0.4, -0.2) is 34.8 Å². The van der Waals surface area contributed by atoms with E-state index in [2.05, 4.69) is 3.02 Å². The summed E-state index contributed by atoms with van der Waals surface area (Å²) in [6, 6.07) is 0. The molecule has 0 fully saturated rings. The molecule has 0 atom stereocenters. The number of hydrogen-bond acceptors (Lipinski definition) is 2. The Morgan fingerprint density at radius 2 is 1.39 bits per heavy atom. The third-order valence-corrected chi connectivity index (χ3v) is 4.02. The number of hydrogen-bond donors (Lipinski definition) is 1. The Labute approximate surface area is 138 Å². The van der Waals surface area contributed by atoms with Crippen molar-refractivity contribution in [3.05, 3.63) is 0 Å². The molecule has 0 saturated carbocycles. The Morgan fingerprint density at radius 3 is 1.83 bits per heavy atom. The zero-order valence-electron chi connectivity index (χ0n) is 10.1. The third kappa shape index (κ3) is 20.0. The first kappa shape index (κ1) is 22.0. The average molecular weight is 452 g/mol. The molecule has 0 unspecified atom stereocenters. The first-order valence-corrected chi connectivity index (χ1v) is 10.1. The van der Waals surface area contributed by atoms with Gasteiger partial charge in [-0.1, -0.05) is 0 Å². The number of unbranched alkanes of at least 4 members (excludes halogenated alkanes) is 6. The van der Waals surface area contributed by atoms with Gasteiger partial charge in [0.2, 0.25) is 0 Å². The van der Waals surface area contributed by atoms with Crippen LogP contribution in [0.25, 0.3) is 0 Å². The van der Waals surface area contributed by atoms with Gasteiger partial charge in [0.1, 0.15) is 0 Å². The van der Waals surface area contributed by atoms with Crippen LogP contribution in [0.3, 0.4) is 0 Å². The zero-order valence-corrected chi connectivity index (χ0v) is 15.8. The molecule has 0 aromatic carbocycles. The van der Waals surface area contributed by atoms with Crippen LogP contribution in [0.5, 0.6) is 0 Å². The van der Waals surface area contributed by atoms with Crippen molar-refractivity contribution in [3.63, 3.8) is 0 Å². The molecule has 0 aliphatic carbocycles. The molecule has 1 N–H and O–H groups in total. The van der Waals surface area contributed by atoms with Crippen LogP contribution in [0.1, 0.15) is 51.4 Å². The molecular formula is C10H20Cl4O3Sb. The summed E-state index contributed by atoms with van der Waals surface area (Å²) in [5.74, 6) is 0. The molecule has 18 heavy (non-hydrogen) atoms. The first-order chi connectivity index (χ1) is 7.92. The minimum absolute atomic E-state index is 0. The van der Waals surface area contributed by atoms with E-state index in [4.69, 9.17) is 38.2 Å². The van der Waals surface area contributed by atoms with E-state index in [-0.39, 0.29) is 12.4 Å². The molecule has 0 aliphatic heterocycles. The summed E-state index contributed by atoms with van der Waals surface area (Å²) < 4.78 is 22.3. The molecule has 0 aromatic heterocycles. The quantitative estimate of drug-likeness (QED) is 0.306. The van der Waals surface area contributed by atoms with E-state index in [0.29, 0.717) is 13.0 Å². The van der Waals surface area contributed by atoms with Gasteiger partial charge in [-0.25, -0.2) is 0 Å². The summed E-state index contributed by atoms with van der Waals surface area (Å²) in [6.07, 6.45) is 7.95. The predicted molar refractivity (Wildman–Crippen MR) is 79.1 cm³/mol. The van der Waals surface area contributed by atoms with Crippen molar-refractivity contribution in [2.45, 2.75) is 55.2 Å². The summed E-state index contributed by atoms with van der Waals surface area (Å²) in [5.41, 5.74) is 0. The van der Waals surface area contributed by atoms with Crippen molar-refractivity contribution in [3.8, 4) is 0 Å². The van der Waals surface area contributed by atoms with E-state index in [1.165, 1.54) is 0 Å². The monoisotopic (exact) mass is 449 g/mol. The van der Waals surface area contributed by atoms with E-state index in [1.807, 2.05) is 0 Å². The van der Waals surface area contributed by atoms with Gasteiger partial charge in [0, 0.05) is 0 Å². The first-order valence-electron chi connectivity index (χ1n) is 5.77. The minimum atomic E-state index is -3.42. The molecule has 1 radical (unpaired) electrons. The van der Waals surface area contributed by atoms with Crippen LogP contribution in [0.2, 0.25) is 0 Å². The van der Waals surface area contributed by atoms with E-state index in [9.17, 15) is 3.02 Å². The molecule has 0 bridgehead atoms. The number of rotatable bonds is 10. The Balaban J connectivity index is 0. The Bertz CT molecular complexity index is 212. The standard InChI is InChI=1S/C10H18Cl3O.ClH.H2O.O.Sb/c11-10(12,13)8-6-4-2-1-3-5-7-9-14;;;;/h1-9H2;1H;1H2;;/q-1;;;;+2/p-1. The average Bonchev–Trinajstić information content (AvgIpc) is 2.18. The number of alkyl halides is 3. The van der Waals surface area contributed by atoms with Crippen molar-refractivity contribution in [2.24, 2.45) is 0 Å². The van der Waals surface area contributed by atoms with Crippen LogP contribution < -0.4 is 0 Å². The van der Waals surface area contributed by atoms with Crippen LogP contribution in [0, 0.1) is 0 Å². The molecule has 111 valence electrons. The molecule has 8 heteroatoms. The van der Waals surface area contributed by atoms with Gasteiger partial charge < -0.3 is 0 Å². The van der Waals surface area contributed by atoms with E-state index in [0.717, 1.165) is 44.9 Å². The third-order valence-electron chi connectivity index (χ3n) is 2.31. The Hall–Kier alpha value is 1.70. The molecule has 0 saturated heterocycles. The summed E-state index contributed by atoms with van der Waals surface area (Å²) in [7, 11) is 0. The maximum absolute atomic E-state index is 10.3. The molecule has 0 aliphatic rings. The second-order valence-electron chi connectivity index (χ2n) is 3.91. The fourth-order valence-corrected chi connectivity index (χ4v) is 2.67. The van der Waals surface area contributed by atoms with Gasteiger partial charge in [-0.2, -0.15) is 0 Å². The van der Waals surface area contributed by atoms with Gasteiger partial charge in [0.15, 0.2) is 0 Å². The number of halogens is 4. The zero-order chi connectivity index (χ0) is 13.1. The fourth-order valence-electron chi connectivity index (χ4n) is 1.45. The van der Waals surface area contributed by atoms with Crippen molar-refractivity contribution in [2.75, 3.05) is 6.61 Å². The molecule has 0 aromatic rings. The predicted octanol–water partition coefficient (Wildman–Crippen LogP) is 4.32. The van der Waals surface area contributed by atoms with Gasteiger partial charge in [0.05, 0.1) is 0 Å². The summed E-state index contributed by atoms with van der Waals surface area (Å²) >= 11 is 13.5. The van der Waals surface area contributed by atoms with E-state index in [1.54, 1.807) is 0 Å². The van der Waals surface area contributed by atoms with E-state index < -0.39 is 24.8 Å². The second-order valence-corrected chi connectivity index (χ2v) is 8.52. The summed E-state index contributed by atoms with van der Waals surface area (Å²) in [6.45, 7) is 0.413. The van der Waals surface area contributed by atoms with Gasteiger partial charge in [-0.3, -0.25) is 0 Å². The summed E-state index contributed by atoms with van der Waals surface area (Å²) in [4.78, 5) is 0. The van der Waals surface area contributed by atoms with Crippen LogP contribution in [0.4, 0.5) is 0 Å². The van der Waals surface area contributed by atoms with Gasteiger partial charge in [-0.05, 0) is 0 Å². The van der Waals surface area contributed by atoms with Gasteiger partial charge in [-0.15, -0.1) is 12.4 Å². The van der Waals surface area contributed by atoms with Crippen molar-refractivity contribution >= 4 is 68.3 Å². The van der Waals surface area contributed by atoms with Crippen molar-refractivity contribution in [1.29, 1.82) is 0 Å². The van der Waals surface area contributed by atoms with Gasteiger partial charge >= 0.3 is 127 Å². The second kappa shape index (κ2) is 13.7. The molecule has 0 amide bonds. The van der Waals surface area contributed by atoms with Crippen LogP contribution in [0.15, 0.2) is 0 Å². The molecule has 0 rings (SSSR count).